The fraction of sp³-hybridized carbons (Fsp3) is 0.188. The van der Waals surface area contributed by atoms with E-state index >= 15 is 0 Å². The van der Waals surface area contributed by atoms with Gasteiger partial charge in [0.1, 0.15) is 0 Å². The number of carboxylic acids is 1. The van der Waals surface area contributed by atoms with E-state index in [4.69, 9.17) is 5.11 Å². The Morgan fingerprint density at radius 1 is 1.06 bits per heavy atom. The Bertz CT molecular complexity index is 557. The lowest BCUT2D eigenvalue weighted by molar-refractivity contribution is 0.0697. The third-order valence-corrected chi connectivity index (χ3v) is 3.01. The SMILES string of the molecule is CC(C)c1ccc(C(=O)O)cc1-c1ccccc1. The van der Waals surface area contributed by atoms with Crippen molar-refractivity contribution in [3.05, 3.63) is 59.7 Å². The number of hydrogen-bond acceptors (Lipinski definition) is 1. The Morgan fingerprint density at radius 2 is 1.72 bits per heavy atom. The molecule has 0 bridgehead atoms. The number of carboxylic acid groups (broad SMARTS) is 1. The lowest BCUT2D eigenvalue weighted by Crippen LogP contribution is -2.00. The van der Waals surface area contributed by atoms with Crippen molar-refractivity contribution in [2.24, 2.45) is 0 Å². The van der Waals surface area contributed by atoms with Crippen LogP contribution in [0.2, 0.25) is 0 Å². The molecule has 2 aromatic rings. The highest BCUT2D eigenvalue weighted by atomic mass is 16.4. The molecule has 2 nitrogen and oxygen atoms in total. The lowest BCUT2D eigenvalue weighted by atomic mass is 9.91. The lowest BCUT2D eigenvalue weighted by Gasteiger charge is -2.13. The average Bonchev–Trinajstić information content (AvgIpc) is 2.39. The molecular formula is C16H16O2. The fourth-order valence-corrected chi connectivity index (χ4v) is 2.06. The van der Waals surface area contributed by atoms with Crippen molar-refractivity contribution in [2.45, 2.75) is 19.8 Å². The van der Waals surface area contributed by atoms with Gasteiger partial charge in [-0.3, -0.25) is 0 Å². The van der Waals surface area contributed by atoms with E-state index < -0.39 is 5.97 Å². The number of aromatic carboxylic acids is 1. The molecule has 0 aromatic heterocycles. The van der Waals surface area contributed by atoms with Gasteiger partial charge in [-0.15, -0.1) is 0 Å². The summed E-state index contributed by atoms with van der Waals surface area (Å²) in [6.07, 6.45) is 0. The third kappa shape index (κ3) is 2.43. The molecule has 92 valence electrons. The zero-order chi connectivity index (χ0) is 13.1. The molecule has 0 aliphatic rings. The Balaban J connectivity index is 2.61. The van der Waals surface area contributed by atoms with Gasteiger partial charge in [0.05, 0.1) is 5.56 Å². The molecule has 0 atom stereocenters. The summed E-state index contributed by atoms with van der Waals surface area (Å²) in [7, 11) is 0. The van der Waals surface area contributed by atoms with E-state index in [1.54, 1.807) is 12.1 Å². The van der Waals surface area contributed by atoms with E-state index in [2.05, 4.69) is 13.8 Å². The van der Waals surface area contributed by atoms with Crippen LogP contribution >= 0.6 is 0 Å². The van der Waals surface area contributed by atoms with Gasteiger partial charge in [-0.05, 0) is 34.7 Å². The van der Waals surface area contributed by atoms with Crippen LogP contribution in [0.4, 0.5) is 0 Å². The maximum Gasteiger partial charge on any atom is 0.335 e. The molecule has 0 aliphatic carbocycles. The van der Waals surface area contributed by atoms with Crippen LogP contribution in [0.25, 0.3) is 11.1 Å². The molecule has 2 rings (SSSR count). The van der Waals surface area contributed by atoms with Crippen LogP contribution in [0.1, 0.15) is 35.7 Å². The van der Waals surface area contributed by atoms with Gasteiger partial charge in [-0.25, -0.2) is 4.79 Å². The molecule has 0 saturated carbocycles. The molecule has 0 heterocycles. The molecule has 0 radical (unpaired) electrons. The van der Waals surface area contributed by atoms with Gasteiger partial charge in [0, 0.05) is 0 Å². The summed E-state index contributed by atoms with van der Waals surface area (Å²) in [6, 6.07) is 15.2. The number of hydrogen-bond donors (Lipinski definition) is 1. The Labute approximate surface area is 107 Å². The van der Waals surface area contributed by atoms with Crippen molar-refractivity contribution in [2.75, 3.05) is 0 Å². The van der Waals surface area contributed by atoms with Crippen molar-refractivity contribution in [3.8, 4) is 11.1 Å². The minimum absolute atomic E-state index is 0.332. The molecule has 0 unspecified atom stereocenters. The first kappa shape index (κ1) is 12.4. The molecule has 1 N–H and O–H groups in total. The summed E-state index contributed by atoms with van der Waals surface area (Å²) in [5.74, 6) is -0.523. The number of benzene rings is 2. The van der Waals surface area contributed by atoms with Crippen LogP contribution in [-0.4, -0.2) is 11.1 Å². The number of carbonyl (C=O) groups is 1. The van der Waals surface area contributed by atoms with Gasteiger partial charge >= 0.3 is 5.97 Å². The van der Waals surface area contributed by atoms with Gasteiger partial charge in [0.2, 0.25) is 0 Å². The Morgan fingerprint density at radius 3 is 2.28 bits per heavy atom. The third-order valence-electron chi connectivity index (χ3n) is 3.01. The fourth-order valence-electron chi connectivity index (χ4n) is 2.06. The van der Waals surface area contributed by atoms with E-state index in [0.29, 0.717) is 11.5 Å². The van der Waals surface area contributed by atoms with Crippen molar-refractivity contribution in [1.29, 1.82) is 0 Å². The zero-order valence-corrected chi connectivity index (χ0v) is 10.6. The Hall–Kier alpha value is -2.09. The van der Waals surface area contributed by atoms with Crippen LogP contribution in [-0.2, 0) is 0 Å². The monoisotopic (exact) mass is 240 g/mol. The van der Waals surface area contributed by atoms with E-state index in [-0.39, 0.29) is 0 Å². The molecule has 0 aliphatic heterocycles. The molecule has 0 spiro atoms. The van der Waals surface area contributed by atoms with E-state index in [9.17, 15) is 4.79 Å². The highest BCUT2D eigenvalue weighted by Gasteiger charge is 2.12. The summed E-state index contributed by atoms with van der Waals surface area (Å²) in [5.41, 5.74) is 3.57. The summed E-state index contributed by atoms with van der Waals surface area (Å²) in [5, 5.41) is 9.09. The summed E-state index contributed by atoms with van der Waals surface area (Å²) < 4.78 is 0. The zero-order valence-electron chi connectivity index (χ0n) is 10.6. The van der Waals surface area contributed by atoms with Crippen LogP contribution in [0.3, 0.4) is 0 Å². The molecule has 2 heteroatoms. The van der Waals surface area contributed by atoms with Gasteiger partial charge < -0.3 is 5.11 Å². The molecule has 18 heavy (non-hydrogen) atoms. The van der Waals surface area contributed by atoms with Crippen molar-refractivity contribution < 1.29 is 9.90 Å². The largest absolute Gasteiger partial charge is 0.478 e. The summed E-state index contributed by atoms with van der Waals surface area (Å²) >= 11 is 0. The number of rotatable bonds is 3. The highest BCUT2D eigenvalue weighted by molar-refractivity contribution is 5.90. The first-order chi connectivity index (χ1) is 8.59. The Kier molecular flexibility index (Phi) is 3.47. The minimum atomic E-state index is -0.887. The van der Waals surface area contributed by atoms with Gasteiger partial charge in [0.25, 0.3) is 0 Å². The summed E-state index contributed by atoms with van der Waals surface area (Å²) in [6.45, 7) is 4.23. The molecule has 0 amide bonds. The molecule has 0 saturated heterocycles. The van der Waals surface area contributed by atoms with Gasteiger partial charge in [0.15, 0.2) is 0 Å². The smallest absolute Gasteiger partial charge is 0.335 e. The second-order valence-corrected chi connectivity index (χ2v) is 4.63. The van der Waals surface area contributed by atoms with Crippen LogP contribution in [0, 0.1) is 0 Å². The second kappa shape index (κ2) is 5.05. The van der Waals surface area contributed by atoms with Crippen LogP contribution < -0.4 is 0 Å². The van der Waals surface area contributed by atoms with Crippen molar-refractivity contribution >= 4 is 5.97 Å². The normalized spacial score (nSPS) is 10.6. The molecular weight excluding hydrogens is 224 g/mol. The van der Waals surface area contributed by atoms with E-state index in [1.807, 2.05) is 36.4 Å². The standard InChI is InChI=1S/C16H16O2/c1-11(2)14-9-8-13(16(17)18)10-15(14)12-6-4-3-5-7-12/h3-11H,1-2H3,(H,17,18). The van der Waals surface area contributed by atoms with Crippen LogP contribution in [0.15, 0.2) is 48.5 Å². The first-order valence-electron chi connectivity index (χ1n) is 6.02. The van der Waals surface area contributed by atoms with Gasteiger partial charge in [-0.2, -0.15) is 0 Å². The first-order valence-corrected chi connectivity index (χ1v) is 6.02. The quantitative estimate of drug-likeness (QED) is 0.874. The van der Waals surface area contributed by atoms with Crippen molar-refractivity contribution in [1.82, 2.24) is 0 Å². The maximum atomic E-state index is 11.1. The van der Waals surface area contributed by atoms with Crippen LogP contribution in [0.5, 0.6) is 0 Å². The predicted molar refractivity (Wildman–Crippen MR) is 72.9 cm³/mol. The highest BCUT2D eigenvalue weighted by Crippen LogP contribution is 2.30. The predicted octanol–water partition coefficient (Wildman–Crippen LogP) is 4.18. The molecule has 0 fully saturated rings. The van der Waals surface area contributed by atoms with Crippen molar-refractivity contribution in [3.63, 3.8) is 0 Å². The molecule has 2 aromatic carbocycles. The van der Waals surface area contributed by atoms with E-state index in [0.717, 1.165) is 11.1 Å². The average molecular weight is 240 g/mol. The summed E-state index contributed by atoms with van der Waals surface area (Å²) in [4.78, 5) is 11.1. The van der Waals surface area contributed by atoms with Gasteiger partial charge in [-0.1, -0.05) is 50.2 Å². The topological polar surface area (TPSA) is 37.3 Å². The maximum absolute atomic E-state index is 11.1. The second-order valence-electron chi connectivity index (χ2n) is 4.63. The van der Waals surface area contributed by atoms with E-state index in [1.165, 1.54) is 5.56 Å². The minimum Gasteiger partial charge on any atom is -0.478 e.